The van der Waals surface area contributed by atoms with Gasteiger partial charge < -0.3 is 25.6 Å². The summed E-state index contributed by atoms with van der Waals surface area (Å²) in [5, 5.41) is 16.6. The van der Waals surface area contributed by atoms with Gasteiger partial charge in [-0.05, 0) is 50.5 Å². The first kappa shape index (κ1) is 31.3. The number of piperidine rings is 1. The number of nitriles is 1. The van der Waals surface area contributed by atoms with Crippen LogP contribution in [0.3, 0.4) is 0 Å². The third kappa shape index (κ3) is 6.25. The van der Waals surface area contributed by atoms with Crippen LogP contribution in [0.1, 0.15) is 33.1 Å². The first-order valence-corrected chi connectivity index (χ1v) is 13.9. The normalized spacial score (nSPS) is 28.5. The van der Waals surface area contributed by atoms with Gasteiger partial charge in [-0.25, -0.2) is 4.39 Å². The molecule has 4 rings (SSSR count). The first-order chi connectivity index (χ1) is 19.7. The monoisotopic (exact) mass is 615 g/mol. The fourth-order valence-electron chi connectivity index (χ4n) is 5.94. The van der Waals surface area contributed by atoms with E-state index in [1.807, 2.05) is 6.07 Å². The number of hydrogen-bond donors (Lipinski definition) is 3. The van der Waals surface area contributed by atoms with Gasteiger partial charge in [0.1, 0.15) is 35.8 Å². The number of nitrogens with zero attached hydrogens (tertiary/aromatic N) is 2. The molecule has 8 atom stereocenters. The molecule has 3 fully saturated rings. The number of hydrogen-bond acceptors (Lipinski definition) is 6. The lowest BCUT2D eigenvalue weighted by Gasteiger charge is -2.35. The molecule has 0 radical (unpaired) electrons. The van der Waals surface area contributed by atoms with Crippen molar-refractivity contribution in [3.63, 3.8) is 0 Å². The number of halogens is 5. The number of fused-ring (bicyclic) bond motifs is 1. The largest absolute Gasteiger partial charge is 0.488 e. The summed E-state index contributed by atoms with van der Waals surface area (Å²) >= 11 is 6.73. The van der Waals surface area contributed by atoms with Crippen LogP contribution < -0.4 is 20.7 Å². The van der Waals surface area contributed by atoms with Crippen LogP contribution in [-0.4, -0.2) is 76.9 Å². The predicted molar refractivity (Wildman–Crippen MR) is 139 cm³/mol. The minimum Gasteiger partial charge on any atom is -0.488 e. The molecule has 0 spiro atoms. The van der Waals surface area contributed by atoms with Crippen LogP contribution in [0.25, 0.3) is 0 Å². The molecule has 2 aliphatic heterocycles. The van der Waals surface area contributed by atoms with E-state index in [0.29, 0.717) is 19.4 Å². The topological polar surface area (TPSA) is 141 Å². The second-order valence-electron chi connectivity index (χ2n) is 10.8. The number of carbonyl (C=O) groups is 4. The molecule has 42 heavy (non-hydrogen) atoms. The quantitative estimate of drug-likeness (QED) is 0.272. The van der Waals surface area contributed by atoms with E-state index in [4.69, 9.17) is 16.3 Å². The van der Waals surface area contributed by atoms with E-state index < -0.39 is 70.7 Å². The van der Waals surface area contributed by atoms with Gasteiger partial charge in [-0.15, -0.1) is 11.6 Å². The van der Waals surface area contributed by atoms with Gasteiger partial charge in [-0.3, -0.25) is 19.2 Å². The summed E-state index contributed by atoms with van der Waals surface area (Å²) in [6.07, 6.45) is -5.74. The number of benzene rings is 1. The minimum atomic E-state index is -5.32. The van der Waals surface area contributed by atoms with E-state index in [-0.39, 0.29) is 30.5 Å². The SMILES string of the molecule is CCC1(Cl)[C@@H]2[C@@H](C(=O)N[C@H](C#N)C[C@@H]3CCNC3=O)N(C(=O)[C@@H](NC(=O)C(F)(F)F)C(C)Oc3ccc(F)cc3)C[C@@H]21. The number of ether oxygens (including phenoxy) is 1. The Balaban J connectivity index is 1.58. The van der Waals surface area contributed by atoms with Crippen LogP contribution in [0.5, 0.6) is 5.75 Å². The van der Waals surface area contributed by atoms with Crippen molar-refractivity contribution < 1.29 is 41.5 Å². The molecule has 2 unspecified atom stereocenters. The second kappa shape index (κ2) is 11.9. The van der Waals surface area contributed by atoms with E-state index in [2.05, 4.69) is 10.6 Å². The third-order valence-corrected chi connectivity index (χ3v) is 9.03. The predicted octanol–water partition coefficient (Wildman–Crippen LogP) is 2.02. The second-order valence-corrected chi connectivity index (χ2v) is 11.5. The molecule has 1 saturated carbocycles. The molecule has 1 aromatic rings. The molecule has 3 aliphatic rings. The van der Waals surface area contributed by atoms with Gasteiger partial charge in [-0.1, -0.05) is 6.92 Å². The molecule has 0 aromatic heterocycles. The number of nitrogens with one attached hydrogen (secondary N) is 3. The maximum atomic E-state index is 13.8. The lowest BCUT2D eigenvalue weighted by Crippen LogP contribution is -2.61. The first-order valence-electron chi connectivity index (χ1n) is 13.5. The van der Waals surface area contributed by atoms with Gasteiger partial charge in [0.2, 0.25) is 17.7 Å². The summed E-state index contributed by atoms with van der Waals surface area (Å²) in [6.45, 7) is 3.42. The zero-order chi connectivity index (χ0) is 31.0. The van der Waals surface area contributed by atoms with Crippen LogP contribution in [-0.2, 0) is 19.2 Å². The highest BCUT2D eigenvalue weighted by molar-refractivity contribution is 6.27. The Labute approximate surface area is 244 Å². The highest BCUT2D eigenvalue weighted by atomic mass is 35.5. The molecule has 4 amide bonds. The summed E-state index contributed by atoms with van der Waals surface area (Å²) in [4.78, 5) is 51.5. The maximum Gasteiger partial charge on any atom is 0.471 e. The Kier molecular flexibility index (Phi) is 8.92. The standard InChI is InChI=1S/C27H30ClF4N5O5/c1-3-26(28)18-12-37(21(19(18)26)23(39)35-16(11-33)10-14-8-9-34-22(14)38)24(40)20(36-25(41)27(30,31)32)13(2)42-17-6-4-15(29)5-7-17/h4-7,13-14,16,18-21H,3,8-10,12H2,1-2H3,(H,34,38)(H,35,39)(H,36,41)/t13?,14-,16-,18-,19-,20-,21-,26?/m0/s1. The van der Waals surface area contributed by atoms with Crippen molar-refractivity contribution in [2.45, 2.75) is 68.4 Å². The molecule has 0 bridgehead atoms. The maximum absolute atomic E-state index is 13.8. The molecule has 1 aromatic carbocycles. The van der Waals surface area contributed by atoms with Gasteiger partial charge in [0.25, 0.3) is 0 Å². The zero-order valence-corrected chi connectivity index (χ0v) is 23.5. The van der Waals surface area contributed by atoms with Crippen molar-refractivity contribution in [2.75, 3.05) is 13.1 Å². The van der Waals surface area contributed by atoms with E-state index >= 15 is 0 Å². The van der Waals surface area contributed by atoms with Gasteiger partial charge in [0.05, 0.1) is 10.9 Å². The van der Waals surface area contributed by atoms with Crippen LogP contribution in [0.4, 0.5) is 17.6 Å². The molecule has 2 heterocycles. The number of carbonyl (C=O) groups excluding carboxylic acids is 4. The van der Waals surface area contributed by atoms with Crippen LogP contribution >= 0.6 is 11.6 Å². The Morgan fingerprint density at radius 1 is 1.26 bits per heavy atom. The molecule has 1 aliphatic carbocycles. The van der Waals surface area contributed by atoms with E-state index in [1.54, 1.807) is 12.2 Å². The lowest BCUT2D eigenvalue weighted by molar-refractivity contribution is -0.176. The summed E-state index contributed by atoms with van der Waals surface area (Å²) in [6, 6.07) is 2.24. The van der Waals surface area contributed by atoms with Crippen molar-refractivity contribution in [3.05, 3.63) is 30.1 Å². The Hall–Kier alpha value is -3.60. The highest BCUT2D eigenvalue weighted by Gasteiger charge is 2.73. The summed E-state index contributed by atoms with van der Waals surface area (Å²) in [5.41, 5.74) is 0. The van der Waals surface area contributed by atoms with Crippen LogP contribution in [0.15, 0.2) is 24.3 Å². The number of alkyl halides is 4. The molecule has 2 saturated heterocycles. The Bertz CT molecular complexity index is 1270. The number of amides is 4. The van der Waals surface area contributed by atoms with Crippen molar-refractivity contribution >= 4 is 35.2 Å². The average Bonchev–Trinajstić information content (AvgIpc) is 3.24. The number of likely N-dealkylation sites (tertiary alicyclic amines) is 1. The Morgan fingerprint density at radius 3 is 2.48 bits per heavy atom. The average molecular weight is 616 g/mol. The van der Waals surface area contributed by atoms with Crippen molar-refractivity contribution in [3.8, 4) is 11.8 Å². The zero-order valence-electron chi connectivity index (χ0n) is 22.7. The highest BCUT2D eigenvalue weighted by Crippen LogP contribution is 2.64. The van der Waals surface area contributed by atoms with Crippen molar-refractivity contribution in [2.24, 2.45) is 17.8 Å². The fourth-order valence-corrected chi connectivity index (χ4v) is 6.36. The molecule has 15 heteroatoms. The lowest BCUT2D eigenvalue weighted by atomic mass is 9.98. The third-order valence-electron chi connectivity index (χ3n) is 8.23. The summed E-state index contributed by atoms with van der Waals surface area (Å²) in [7, 11) is 0. The van der Waals surface area contributed by atoms with E-state index in [0.717, 1.165) is 17.0 Å². The van der Waals surface area contributed by atoms with Gasteiger partial charge >= 0.3 is 12.1 Å². The van der Waals surface area contributed by atoms with E-state index in [9.17, 15) is 42.0 Å². The van der Waals surface area contributed by atoms with Crippen LogP contribution in [0.2, 0.25) is 0 Å². The van der Waals surface area contributed by atoms with Crippen molar-refractivity contribution in [1.82, 2.24) is 20.9 Å². The molecule has 3 N–H and O–H groups in total. The molecular weight excluding hydrogens is 586 g/mol. The fraction of sp³-hybridized carbons (Fsp3) is 0.593. The Morgan fingerprint density at radius 2 is 1.93 bits per heavy atom. The number of rotatable bonds is 10. The molecule has 228 valence electrons. The molecular formula is C27H30ClF4N5O5. The molecule has 10 nitrogen and oxygen atoms in total. The van der Waals surface area contributed by atoms with Gasteiger partial charge in [0.15, 0.2) is 0 Å². The van der Waals surface area contributed by atoms with Crippen LogP contribution in [0, 0.1) is 34.9 Å². The summed E-state index contributed by atoms with van der Waals surface area (Å²) < 4.78 is 58.6. The van der Waals surface area contributed by atoms with Crippen molar-refractivity contribution in [1.29, 1.82) is 5.26 Å². The van der Waals surface area contributed by atoms with E-state index in [1.165, 1.54) is 19.1 Å². The summed E-state index contributed by atoms with van der Waals surface area (Å²) in [5.74, 6) is -6.37. The smallest absolute Gasteiger partial charge is 0.471 e. The van der Waals surface area contributed by atoms with Gasteiger partial charge in [-0.2, -0.15) is 18.4 Å². The van der Waals surface area contributed by atoms with Gasteiger partial charge in [0, 0.05) is 30.8 Å². The minimum absolute atomic E-state index is 0.0279.